The minimum absolute atomic E-state index is 0.112. The number of benzene rings is 1. The molecule has 0 aliphatic carbocycles. The first-order chi connectivity index (χ1) is 7.06. The van der Waals surface area contributed by atoms with Gasteiger partial charge < -0.3 is 11.1 Å². The van der Waals surface area contributed by atoms with Gasteiger partial charge in [-0.15, -0.1) is 6.58 Å². The highest BCUT2D eigenvalue weighted by Gasteiger charge is 2.09. The molecule has 15 heavy (non-hydrogen) atoms. The van der Waals surface area contributed by atoms with Crippen molar-refractivity contribution in [3.8, 4) is 0 Å². The van der Waals surface area contributed by atoms with Crippen LogP contribution in [-0.2, 0) is 0 Å². The summed E-state index contributed by atoms with van der Waals surface area (Å²) >= 11 is 0. The van der Waals surface area contributed by atoms with E-state index in [1.54, 1.807) is 12.1 Å². The Bertz CT molecular complexity index is 397. The van der Waals surface area contributed by atoms with Crippen molar-refractivity contribution < 1.29 is 4.79 Å². The molecule has 0 bridgehead atoms. The van der Waals surface area contributed by atoms with E-state index in [0.29, 0.717) is 17.8 Å². The number of nitrogens with two attached hydrogens (primary N) is 1. The van der Waals surface area contributed by atoms with Gasteiger partial charge in [-0.2, -0.15) is 0 Å². The molecule has 0 aliphatic rings. The van der Waals surface area contributed by atoms with Crippen molar-refractivity contribution in [2.75, 3.05) is 12.3 Å². The molecule has 1 aromatic rings. The molecule has 0 fully saturated rings. The number of hydrogen-bond donors (Lipinski definition) is 2. The number of nitrogen functional groups attached to an aromatic ring is 1. The van der Waals surface area contributed by atoms with E-state index in [2.05, 4.69) is 11.9 Å². The Kier molecular flexibility index (Phi) is 3.50. The lowest BCUT2D eigenvalue weighted by Gasteiger charge is -2.09. The fourth-order valence-corrected chi connectivity index (χ4v) is 1.37. The van der Waals surface area contributed by atoms with Gasteiger partial charge >= 0.3 is 0 Å². The lowest BCUT2D eigenvalue weighted by atomic mass is 10.0. The largest absolute Gasteiger partial charge is 0.398 e. The second-order valence-electron chi connectivity index (χ2n) is 3.52. The number of hydrogen-bond acceptors (Lipinski definition) is 2. The van der Waals surface area contributed by atoms with Crippen LogP contribution in [0.3, 0.4) is 0 Å². The Labute approximate surface area is 90.0 Å². The minimum Gasteiger partial charge on any atom is -0.398 e. The fourth-order valence-electron chi connectivity index (χ4n) is 1.37. The van der Waals surface area contributed by atoms with Crippen molar-refractivity contribution in [1.82, 2.24) is 5.32 Å². The van der Waals surface area contributed by atoms with E-state index in [9.17, 15) is 4.79 Å². The standard InChI is InChI=1S/C12H16N2O/c1-4-5-14-12(15)10-7-11(13)9(3)6-8(10)2/h4,6-7H,1,5,13H2,2-3H3,(H,14,15). The molecule has 1 aromatic carbocycles. The van der Waals surface area contributed by atoms with Gasteiger partial charge in [0.15, 0.2) is 0 Å². The van der Waals surface area contributed by atoms with Gasteiger partial charge in [0.05, 0.1) is 0 Å². The maximum absolute atomic E-state index is 11.7. The highest BCUT2D eigenvalue weighted by Crippen LogP contribution is 2.17. The molecular formula is C12H16N2O. The number of anilines is 1. The van der Waals surface area contributed by atoms with Crippen LogP contribution in [-0.4, -0.2) is 12.5 Å². The third-order valence-corrected chi connectivity index (χ3v) is 2.26. The SMILES string of the molecule is C=CCNC(=O)c1cc(N)c(C)cc1C. The highest BCUT2D eigenvalue weighted by atomic mass is 16.1. The van der Waals surface area contributed by atoms with Crippen molar-refractivity contribution in [3.05, 3.63) is 41.5 Å². The van der Waals surface area contributed by atoms with Crippen LogP contribution in [0, 0.1) is 13.8 Å². The summed E-state index contributed by atoms with van der Waals surface area (Å²) in [4.78, 5) is 11.7. The number of aryl methyl sites for hydroxylation is 2. The molecule has 80 valence electrons. The molecule has 0 saturated carbocycles. The molecule has 0 heterocycles. The number of carbonyl (C=O) groups excluding carboxylic acids is 1. The number of rotatable bonds is 3. The van der Waals surface area contributed by atoms with Crippen LogP contribution in [0.1, 0.15) is 21.5 Å². The number of amides is 1. The average Bonchev–Trinajstić information content (AvgIpc) is 2.20. The van der Waals surface area contributed by atoms with E-state index in [0.717, 1.165) is 11.1 Å². The van der Waals surface area contributed by atoms with Gasteiger partial charge in [-0.25, -0.2) is 0 Å². The summed E-state index contributed by atoms with van der Waals surface area (Å²) in [5.41, 5.74) is 8.95. The zero-order valence-electron chi connectivity index (χ0n) is 9.13. The molecular weight excluding hydrogens is 188 g/mol. The van der Waals surface area contributed by atoms with Crippen LogP contribution in [0.4, 0.5) is 5.69 Å². The zero-order valence-corrected chi connectivity index (χ0v) is 9.13. The summed E-state index contributed by atoms with van der Waals surface area (Å²) in [5.74, 6) is -0.112. The summed E-state index contributed by atoms with van der Waals surface area (Å²) in [7, 11) is 0. The normalized spacial score (nSPS) is 9.73. The van der Waals surface area contributed by atoms with Crippen molar-refractivity contribution in [2.45, 2.75) is 13.8 Å². The summed E-state index contributed by atoms with van der Waals surface area (Å²) in [6.45, 7) is 7.83. The monoisotopic (exact) mass is 204 g/mol. The molecule has 0 aliphatic heterocycles. The van der Waals surface area contributed by atoms with Gasteiger partial charge in [0, 0.05) is 17.8 Å². The third kappa shape index (κ3) is 2.59. The Morgan fingerprint density at radius 3 is 2.73 bits per heavy atom. The summed E-state index contributed by atoms with van der Waals surface area (Å²) in [6, 6.07) is 3.63. The summed E-state index contributed by atoms with van der Waals surface area (Å²) < 4.78 is 0. The number of carbonyl (C=O) groups is 1. The van der Waals surface area contributed by atoms with E-state index in [4.69, 9.17) is 5.73 Å². The minimum atomic E-state index is -0.112. The lowest BCUT2D eigenvalue weighted by Crippen LogP contribution is -2.24. The highest BCUT2D eigenvalue weighted by molar-refractivity contribution is 5.96. The molecule has 3 N–H and O–H groups in total. The van der Waals surface area contributed by atoms with Crippen LogP contribution in [0.25, 0.3) is 0 Å². The van der Waals surface area contributed by atoms with Gasteiger partial charge in [-0.1, -0.05) is 12.1 Å². The lowest BCUT2D eigenvalue weighted by molar-refractivity contribution is 0.0957. The molecule has 0 unspecified atom stereocenters. The van der Waals surface area contributed by atoms with E-state index in [1.807, 2.05) is 19.9 Å². The molecule has 0 radical (unpaired) electrons. The molecule has 0 spiro atoms. The second kappa shape index (κ2) is 4.64. The van der Waals surface area contributed by atoms with Crippen molar-refractivity contribution in [1.29, 1.82) is 0 Å². The fraction of sp³-hybridized carbons (Fsp3) is 0.250. The quantitative estimate of drug-likeness (QED) is 0.582. The maximum atomic E-state index is 11.7. The predicted molar refractivity (Wildman–Crippen MR) is 62.9 cm³/mol. The topological polar surface area (TPSA) is 55.1 Å². The van der Waals surface area contributed by atoms with E-state index in [1.165, 1.54) is 0 Å². The first kappa shape index (κ1) is 11.3. The van der Waals surface area contributed by atoms with Gasteiger partial charge in [0.1, 0.15) is 0 Å². The summed E-state index contributed by atoms with van der Waals surface area (Å²) in [6.07, 6.45) is 1.64. The Hall–Kier alpha value is -1.77. The van der Waals surface area contributed by atoms with E-state index < -0.39 is 0 Å². The van der Waals surface area contributed by atoms with Crippen molar-refractivity contribution >= 4 is 11.6 Å². The van der Waals surface area contributed by atoms with Gasteiger partial charge in [0.2, 0.25) is 0 Å². The van der Waals surface area contributed by atoms with Gasteiger partial charge in [-0.05, 0) is 31.0 Å². The Balaban J connectivity index is 2.98. The summed E-state index contributed by atoms with van der Waals surface area (Å²) in [5, 5.41) is 2.72. The van der Waals surface area contributed by atoms with Gasteiger partial charge in [-0.3, -0.25) is 4.79 Å². The van der Waals surface area contributed by atoms with E-state index >= 15 is 0 Å². The van der Waals surface area contributed by atoms with Crippen LogP contribution < -0.4 is 11.1 Å². The van der Waals surface area contributed by atoms with Crippen LogP contribution >= 0.6 is 0 Å². The number of nitrogens with one attached hydrogen (secondary N) is 1. The first-order valence-electron chi connectivity index (χ1n) is 4.82. The second-order valence-corrected chi connectivity index (χ2v) is 3.52. The Morgan fingerprint density at radius 1 is 1.47 bits per heavy atom. The Morgan fingerprint density at radius 2 is 2.13 bits per heavy atom. The maximum Gasteiger partial charge on any atom is 0.251 e. The zero-order chi connectivity index (χ0) is 11.4. The molecule has 0 saturated heterocycles. The molecule has 1 amide bonds. The van der Waals surface area contributed by atoms with Crippen molar-refractivity contribution in [3.63, 3.8) is 0 Å². The van der Waals surface area contributed by atoms with Crippen molar-refractivity contribution in [2.24, 2.45) is 0 Å². The van der Waals surface area contributed by atoms with Crippen LogP contribution in [0.2, 0.25) is 0 Å². The predicted octanol–water partition coefficient (Wildman–Crippen LogP) is 1.80. The van der Waals surface area contributed by atoms with Gasteiger partial charge in [0.25, 0.3) is 5.91 Å². The smallest absolute Gasteiger partial charge is 0.251 e. The molecule has 3 heteroatoms. The molecule has 3 nitrogen and oxygen atoms in total. The molecule has 0 aromatic heterocycles. The first-order valence-corrected chi connectivity index (χ1v) is 4.82. The molecule has 0 atom stereocenters. The van der Waals surface area contributed by atoms with Crippen LogP contribution in [0.15, 0.2) is 24.8 Å². The third-order valence-electron chi connectivity index (χ3n) is 2.26. The molecule has 1 rings (SSSR count). The average molecular weight is 204 g/mol. The van der Waals surface area contributed by atoms with E-state index in [-0.39, 0.29) is 5.91 Å². The van der Waals surface area contributed by atoms with Crippen LogP contribution in [0.5, 0.6) is 0 Å².